The molecule has 1 amide bonds. The Kier molecular flexibility index (Phi) is 5.09. The quantitative estimate of drug-likeness (QED) is 0.628. The molecule has 7 heteroatoms. The second-order valence-corrected chi connectivity index (χ2v) is 5.59. The number of carboxylic acid groups (broad SMARTS) is 1. The fourth-order valence-electron chi connectivity index (χ4n) is 2.45. The number of pyridine rings is 1. The molecular formula is C19H17N3O4. The van der Waals surface area contributed by atoms with Gasteiger partial charge in [0.1, 0.15) is 5.76 Å². The van der Waals surface area contributed by atoms with Gasteiger partial charge in [0.25, 0.3) is 5.91 Å². The van der Waals surface area contributed by atoms with Gasteiger partial charge in [-0.1, -0.05) is 12.1 Å². The molecule has 3 aromatic rings. The minimum absolute atomic E-state index is 0.152. The Labute approximate surface area is 149 Å². The molecule has 0 saturated carbocycles. The van der Waals surface area contributed by atoms with Crippen molar-refractivity contribution in [2.24, 2.45) is 5.73 Å². The number of carbonyl (C=O) groups is 2. The fourth-order valence-corrected chi connectivity index (χ4v) is 2.45. The van der Waals surface area contributed by atoms with Crippen LogP contribution in [0.15, 0.2) is 59.1 Å². The van der Waals surface area contributed by atoms with E-state index >= 15 is 0 Å². The Hall–Kier alpha value is -3.45. The van der Waals surface area contributed by atoms with Crippen LogP contribution in [0.1, 0.15) is 32.2 Å². The van der Waals surface area contributed by atoms with Gasteiger partial charge >= 0.3 is 5.97 Å². The van der Waals surface area contributed by atoms with E-state index in [0.29, 0.717) is 23.4 Å². The highest BCUT2D eigenvalue weighted by molar-refractivity contribution is 5.95. The predicted molar refractivity (Wildman–Crippen MR) is 94.4 cm³/mol. The molecule has 0 aliphatic heterocycles. The highest BCUT2D eigenvalue weighted by Crippen LogP contribution is 2.23. The van der Waals surface area contributed by atoms with Crippen molar-refractivity contribution in [2.75, 3.05) is 0 Å². The fraction of sp³-hybridized carbons (Fsp3) is 0.105. The van der Waals surface area contributed by atoms with Crippen LogP contribution in [0.3, 0.4) is 0 Å². The minimum atomic E-state index is -1.14. The first kappa shape index (κ1) is 17.4. The van der Waals surface area contributed by atoms with Crippen LogP contribution in [0.25, 0.3) is 11.3 Å². The summed E-state index contributed by atoms with van der Waals surface area (Å²) >= 11 is 0. The SMILES string of the molecule is NCc1ccnc(CNC(=O)c2cccc(-c3ccc(C(=O)O)o3)c2)c1. The zero-order valence-corrected chi connectivity index (χ0v) is 13.8. The lowest BCUT2D eigenvalue weighted by atomic mass is 10.1. The average Bonchev–Trinajstić information content (AvgIpc) is 3.17. The first-order chi connectivity index (χ1) is 12.6. The molecule has 0 atom stereocenters. The molecule has 26 heavy (non-hydrogen) atoms. The number of benzene rings is 1. The molecule has 0 fully saturated rings. The zero-order chi connectivity index (χ0) is 18.5. The van der Waals surface area contributed by atoms with E-state index in [1.165, 1.54) is 6.07 Å². The average molecular weight is 351 g/mol. The van der Waals surface area contributed by atoms with E-state index in [4.69, 9.17) is 15.3 Å². The van der Waals surface area contributed by atoms with Gasteiger partial charge in [0.2, 0.25) is 5.76 Å². The number of aromatic carboxylic acids is 1. The number of amides is 1. The second-order valence-electron chi connectivity index (χ2n) is 5.59. The number of rotatable bonds is 6. The summed E-state index contributed by atoms with van der Waals surface area (Å²) in [4.78, 5) is 27.5. The van der Waals surface area contributed by atoms with Crippen molar-refractivity contribution in [3.8, 4) is 11.3 Å². The summed E-state index contributed by atoms with van der Waals surface area (Å²) in [5, 5.41) is 11.7. The molecule has 3 rings (SSSR count). The van der Waals surface area contributed by atoms with E-state index in [1.807, 2.05) is 12.1 Å². The molecule has 132 valence electrons. The number of furan rings is 1. The smallest absolute Gasteiger partial charge is 0.371 e. The highest BCUT2D eigenvalue weighted by atomic mass is 16.4. The van der Waals surface area contributed by atoms with E-state index in [1.54, 1.807) is 36.5 Å². The first-order valence-corrected chi connectivity index (χ1v) is 7.92. The molecule has 1 aromatic carbocycles. The molecule has 4 N–H and O–H groups in total. The van der Waals surface area contributed by atoms with E-state index < -0.39 is 5.97 Å². The molecular weight excluding hydrogens is 334 g/mol. The van der Waals surface area contributed by atoms with E-state index in [0.717, 1.165) is 11.3 Å². The largest absolute Gasteiger partial charge is 0.475 e. The van der Waals surface area contributed by atoms with Gasteiger partial charge in [-0.25, -0.2) is 4.79 Å². The van der Waals surface area contributed by atoms with Crippen molar-refractivity contribution in [3.63, 3.8) is 0 Å². The molecule has 7 nitrogen and oxygen atoms in total. The van der Waals surface area contributed by atoms with Crippen molar-refractivity contribution in [3.05, 3.63) is 77.3 Å². The monoisotopic (exact) mass is 351 g/mol. The normalized spacial score (nSPS) is 10.5. The maximum Gasteiger partial charge on any atom is 0.371 e. The van der Waals surface area contributed by atoms with Gasteiger partial charge in [0.05, 0.1) is 12.2 Å². The summed E-state index contributed by atoms with van der Waals surface area (Å²) in [7, 11) is 0. The number of hydrogen-bond donors (Lipinski definition) is 3. The van der Waals surface area contributed by atoms with Gasteiger partial charge in [-0.3, -0.25) is 9.78 Å². The lowest BCUT2D eigenvalue weighted by molar-refractivity contribution is 0.0663. The second kappa shape index (κ2) is 7.62. The van der Waals surface area contributed by atoms with Gasteiger partial charge in [-0.15, -0.1) is 0 Å². The van der Waals surface area contributed by atoms with Crippen molar-refractivity contribution in [2.45, 2.75) is 13.1 Å². The van der Waals surface area contributed by atoms with Crippen LogP contribution >= 0.6 is 0 Å². The van der Waals surface area contributed by atoms with Gasteiger partial charge in [0.15, 0.2) is 0 Å². The first-order valence-electron chi connectivity index (χ1n) is 7.92. The molecule has 0 aliphatic carbocycles. The van der Waals surface area contributed by atoms with Crippen LogP contribution in [-0.4, -0.2) is 22.0 Å². The zero-order valence-electron chi connectivity index (χ0n) is 13.8. The van der Waals surface area contributed by atoms with E-state index in [9.17, 15) is 9.59 Å². The minimum Gasteiger partial charge on any atom is -0.475 e. The number of hydrogen-bond acceptors (Lipinski definition) is 5. The molecule has 0 bridgehead atoms. The third kappa shape index (κ3) is 3.96. The summed E-state index contributed by atoms with van der Waals surface area (Å²) in [5.74, 6) is -1.18. The number of nitrogens with two attached hydrogens (primary N) is 1. The van der Waals surface area contributed by atoms with Gasteiger partial charge < -0.3 is 20.6 Å². The summed E-state index contributed by atoms with van der Waals surface area (Å²) in [6.45, 7) is 0.688. The Bertz CT molecular complexity index is 949. The Morgan fingerprint density at radius 2 is 2.00 bits per heavy atom. The van der Waals surface area contributed by atoms with Crippen LogP contribution in [0.5, 0.6) is 0 Å². The Morgan fingerprint density at radius 1 is 1.15 bits per heavy atom. The molecule has 2 aromatic heterocycles. The molecule has 0 aliphatic rings. The standard InChI is InChI=1S/C19H17N3O4/c20-10-12-6-7-21-15(8-12)11-22-18(23)14-3-1-2-13(9-14)16-4-5-17(26-16)19(24)25/h1-9H,10-11,20H2,(H,22,23)(H,24,25). The summed E-state index contributed by atoms with van der Waals surface area (Å²) in [5.41, 5.74) is 8.31. The number of nitrogens with one attached hydrogen (secondary N) is 1. The summed E-state index contributed by atoms with van der Waals surface area (Å²) in [6, 6.07) is 13.4. The van der Waals surface area contributed by atoms with Crippen LogP contribution < -0.4 is 11.1 Å². The number of carboxylic acids is 1. The third-order valence-corrected chi connectivity index (χ3v) is 3.77. The van der Waals surface area contributed by atoms with Crippen molar-refractivity contribution >= 4 is 11.9 Å². The van der Waals surface area contributed by atoms with E-state index in [-0.39, 0.29) is 18.2 Å². The molecule has 0 saturated heterocycles. The topological polar surface area (TPSA) is 118 Å². The highest BCUT2D eigenvalue weighted by Gasteiger charge is 2.12. The number of aromatic nitrogens is 1. The molecule has 0 radical (unpaired) electrons. The third-order valence-electron chi connectivity index (χ3n) is 3.77. The maximum atomic E-state index is 12.4. The number of nitrogens with zero attached hydrogens (tertiary/aromatic N) is 1. The van der Waals surface area contributed by atoms with Crippen molar-refractivity contribution in [1.82, 2.24) is 10.3 Å². The van der Waals surface area contributed by atoms with Gasteiger partial charge in [-0.2, -0.15) is 0 Å². The molecule has 2 heterocycles. The van der Waals surface area contributed by atoms with E-state index in [2.05, 4.69) is 10.3 Å². The Morgan fingerprint density at radius 3 is 2.73 bits per heavy atom. The Balaban J connectivity index is 1.72. The lowest BCUT2D eigenvalue weighted by Gasteiger charge is -2.07. The summed E-state index contributed by atoms with van der Waals surface area (Å²) < 4.78 is 5.27. The van der Waals surface area contributed by atoms with Gasteiger partial charge in [0, 0.05) is 23.9 Å². The van der Waals surface area contributed by atoms with Gasteiger partial charge in [-0.05, 0) is 42.0 Å². The molecule has 0 spiro atoms. The predicted octanol–water partition coefficient (Wildman–Crippen LogP) is 2.43. The van der Waals surface area contributed by atoms with Crippen LogP contribution in [-0.2, 0) is 13.1 Å². The van der Waals surface area contributed by atoms with Crippen LogP contribution in [0, 0.1) is 0 Å². The van der Waals surface area contributed by atoms with Crippen molar-refractivity contribution < 1.29 is 19.1 Å². The lowest BCUT2D eigenvalue weighted by Crippen LogP contribution is -2.23. The van der Waals surface area contributed by atoms with Crippen molar-refractivity contribution in [1.29, 1.82) is 0 Å². The molecule has 0 unspecified atom stereocenters. The number of carbonyl (C=O) groups excluding carboxylic acids is 1. The van der Waals surface area contributed by atoms with Crippen LogP contribution in [0.2, 0.25) is 0 Å². The summed E-state index contributed by atoms with van der Waals surface area (Å²) in [6.07, 6.45) is 1.65. The maximum absolute atomic E-state index is 12.4. The van der Waals surface area contributed by atoms with Crippen LogP contribution in [0.4, 0.5) is 0 Å².